The molecular weight excluding hydrogens is 401 g/mol. The quantitative estimate of drug-likeness (QED) is 0.611. The number of rotatable bonds is 5. The van der Waals surface area contributed by atoms with Gasteiger partial charge in [0.05, 0.1) is 12.8 Å². The van der Waals surface area contributed by atoms with E-state index in [1.165, 1.54) is 12.1 Å². The Hall–Kier alpha value is -2.77. The molecular formula is C23H24FN3O2S. The van der Waals surface area contributed by atoms with E-state index in [2.05, 4.69) is 10.3 Å². The molecule has 1 amide bonds. The third-order valence-electron chi connectivity index (χ3n) is 5.20. The van der Waals surface area contributed by atoms with Gasteiger partial charge in [0, 0.05) is 49.2 Å². The van der Waals surface area contributed by atoms with Crippen LogP contribution in [0.2, 0.25) is 0 Å². The fraction of sp³-hybridized carbons (Fsp3) is 0.304. The van der Waals surface area contributed by atoms with E-state index in [9.17, 15) is 9.18 Å². The van der Waals surface area contributed by atoms with Crippen molar-refractivity contribution in [1.29, 1.82) is 0 Å². The molecule has 0 atom stereocenters. The predicted molar refractivity (Wildman–Crippen MR) is 116 cm³/mol. The van der Waals surface area contributed by atoms with Crippen molar-refractivity contribution in [3.05, 3.63) is 71.0 Å². The van der Waals surface area contributed by atoms with Crippen molar-refractivity contribution in [3.8, 4) is 16.3 Å². The van der Waals surface area contributed by atoms with Gasteiger partial charge in [0.1, 0.15) is 16.6 Å². The van der Waals surface area contributed by atoms with E-state index < -0.39 is 0 Å². The molecule has 0 radical (unpaired) electrons. The minimum atomic E-state index is -0.382. The first-order chi connectivity index (χ1) is 14.6. The molecule has 156 valence electrons. The second-order valence-corrected chi connectivity index (χ2v) is 8.17. The number of hydrogen-bond acceptors (Lipinski definition) is 5. The highest BCUT2D eigenvalue weighted by molar-refractivity contribution is 7.13. The highest BCUT2D eigenvalue weighted by atomic mass is 32.1. The van der Waals surface area contributed by atoms with E-state index in [4.69, 9.17) is 9.72 Å². The molecule has 1 saturated heterocycles. The number of methoxy groups -OCH3 is 1. The van der Waals surface area contributed by atoms with Crippen LogP contribution in [0.5, 0.6) is 5.75 Å². The van der Waals surface area contributed by atoms with Gasteiger partial charge in [-0.1, -0.05) is 18.2 Å². The number of benzene rings is 2. The third-order valence-corrected chi connectivity index (χ3v) is 6.14. The average molecular weight is 426 g/mol. The normalized spacial score (nSPS) is 15.1. The molecule has 0 aliphatic carbocycles. The van der Waals surface area contributed by atoms with Crippen LogP contribution in [0.25, 0.3) is 10.6 Å². The van der Waals surface area contributed by atoms with Gasteiger partial charge < -0.3 is 9.64 Å². The van der Waals surface area contributed by atoms with Crippen molar-refractivity contribution in [1.82, 2.24) is 14.8 Å². The first kappa shape index (κ1) is 20.5. The minimum absolute atomic E-state index is 0.106. The molecule has 7 heteroatoms. The molecule has 0 spiro atoms. The topological polar surface area (TPSA) is 45.7 Å². The van der Waals surface area contributed by atoms with Crippen LogP contribution >= 0.6 is 11.3 Å². The van der Waals surface area contributed by atoms with Crippen LogP contribution in [-0.2, 0) is 6.54 Å². The summed E-state index contributed by atoms with van der Waals surface area (Å²) in [6.45, 7) is 3.73. The first-order valence-electron chi connectivity index (χ1n) is 9.98. The summed E-state index contributed by atoms with van der Waals surface area (Å²) in [5.41, 5.74) is 2.49. The van der Waals surface area contributed by atoms with Crippen molar-refractivity contribution >= 4 is 17.2 Å². The monoisotopic (exact) mass is 425 g/mol. The van der Waals surface area contributed by atoms with Gasteiger partial charge in [0.25, 0.3) is 5.91 Å². The van der Waals surface area contributed by atoms with E-state index in [0.29, 0.717) is 18.7 Å². The van der Waals surface area contributed by atoms with Crippen LogP contribution in [0.4, 0.5) is 4.39 Å². The van der Waals surface area contributed by atoms with Gasteiger partial charge in [-0.15, -0.1) is 11.3 Å². The second-order valence-electron chi connectivity index (χ2n) is 7.31. The fourth-order valence-corrected chi connectivity index (χ4v) is 4.44. The van der Waals surface area contributed by atoms with Crippen molar-refractivity contribution in [3.63, 3.8) is 0 Å². The van der Waals surface area contributed by atoms with Gasteiger partial charge >= 0.3 is 0 Å². The Morgan fingerprint density at radius 3 is 2.83 bits per heavy atom. The van der Waals surface area contributed by atoms with Gasteiger partial charge in [0.2, 0.25) is 0 Å². The lowest BCUT2D eigenvalue weighted by molar-refractivity contribution is 0.0760. The number of carbonyl (C=O) groups excluding carboxylic acids is 1. The maximum absolute atomic E-state index is 13.5. The van der Waals surface area contributed by atoms with Crippen LogP contribution in [0.1, 0.15) is 22.5 Å². The van der Waals surface area contributed by atoms with Crippen molar-refractivity contribution < 1.29 is 13.9 Å². The second kappa shape index (κ2) is 9.36. The average Bonchev–Trinajstić information content (AvgIpc) is 3.11. The summed E-state index contributed by atoms with van der Waals surface area (Å²) >= 11 is 1.63. The van der Waals surface area contributed by atoms with E-state index >= 15 is 0 Å². The zero-order chi connectivity index (χ0) is 20.9. The van der Waals surface area contributed by atoms with E-state index in [1.807, 2.05) is 29.2 Å². The van der Waals surface area contributed by atoms with E-state index in [-0.39, 0.29) is 11.7 Å². The summed E-state index contributed by atoms with van der Waals surface area (Å²) in [6, 6.07) is 13.8. The largest absolute Gasteiger partial charge is 0.497 e. The third kappa shape index (κ3) is 4.86. The maximum atomic E-state index is 13.5. The number of carbonyl (C=O) groups is 1. The molecule has 5 nitrogen and oxygen atoms in total. The number of thiazole rings is 1. The molecule has 0 bridgehead atoms. The van der Waals surface area contributed by atoms with Gasteiger partial charge in [-0.25, -0.2) is 9.37 Å². The summed E-state index contributed by atoms with van der Waals surface area (Å²) < 4.78 is 18.8. The van der Waals surface area contributed by atoms with Crippen LogP contribution in [0.15, 0.2) is 53.9 Å². The number of ether oxygens (including phenoxy) is 1. The SMILES string of the molecule is COc1cccc(-c2nc(CN3CCCN(C(=O)c4cccc(F)c4)CC3)cs2)c1. The molecule has 1 aliphatic heterocycles. The van der Waals surface area contributed by atoms with Gasteiger partial charge in [-0.05, 0) is 36.8 Å². The van der Waals surface area contributed by atoms with Crippen LogP contribution in [0.3, 0.4) is 0 Å². The minimum Gasteiger partial charge on any atom is -0.497 e. The van der Waals surface area contributed by atoms with Crippen molar-refractivity contribution in [2.24, 2.45) is 0 Å². The van der Waals surface area contributed by atoms with Gasteiger partial charge in [-0.3, -0.25) is 9.69 Å². The van der Waals surface area contributed by atoms with Crippen LogP contribution in [0, 0.1) is 5.82 Å². The lowest BCUT2D eigenvalue weighted by Gasteiger charge is -2.21. The molecule has 1 aliphatic rings. The van der Waals surface area contributed by atoms with E-state index in [1.54, 1.807) is 30.6 Å². The van der Waals surface area contributed by atoms with Crippen molar-refractivity contribution in [2.45, 2.75) is 13.0 Å². The molecule has 3 aromatic rings. The molecule has 0 N–H and O–H groups in total. The molecule has 2 heterocycles. The number of aromatic nitrogens is 1. The lowest BCUT2D eigenvalue weighted by atomic mass is 10.2. The van der Waals surface area contributed by atoms with Crippen molar-refractivity contribution in [2.75, 3.05) is 33.3 Å². The van der Waals surface area contributed by atoms with Gasteiger partial charge in [-0.2, -0.15) is 0 Å². The summed E-state index contributed by atoms with van der Waals surface area (Å²) in [6.07, 6.45) is 0.883. The Labute approximate surface area is 179 Å². The maximum Gasteiger partial charge on any atom is 0.254 e. The highest BCUT2D eigenvalue weighted by Crippen LogP contribution is 2.27. The Bertz CT molecular complexity index is 1020. The molecule has 1 aromatic heterocycles. The summed E-state index contributed by atoms with van der Waals surface area (Å²) in [7, 11) is 1.66. The molecule has 4 rings (SSSR count). The fourth-order valence-electron chi connectivity index (χ4n) is 3.63. The molecule has 30 heavy (non-hydrogen) atoms. The lowest BCUT2D eigenvalue weighted by Crippen LogP contribution is -2.35. The molecule has 0 saturated carbocycles. The zero-order valence-electron chi connectivity index (χ0n) is 16.9. The zero-order valence-corrected chi connectivity index (χ0v) is 17.7. The first-order valence-corrected chi connectivity index (χ1v) is 10.9. The van der Waals surface area contributed by atoms with Gasteiger partial charge in [0.15, 0.2) is 0 Å². The standard InChI is InChI=1S/C23H24FN3O2S/c1-29-21-8-3-5-17(14-21)22-25-20(16-30-22)15-26-9-4-10-27(12-11-26)23(28)18-6-2-7-19(24)13-18/h2-3,5-8,13-14,16H,4,9-12,15H2,1H3. The predicted octanol–water partition coefficient (Wildman–Crippen LogP) is 4.31. The van der Waals surface area contributed by atoms with Crippen LogP contribution in [-0.4, -0.2) is 54.0 Å². The summed E-state index contributed by atoms with van der Waals surface area (Å²) in [4.78, 5) is 21.6. The molecule has 1 fully saturated rings. The number of hydrogen-bond donors (Lipinski definition) is 0. The highest BCUT2D eigenvalue weighted by Gasteiger charge is 2.21. The molecule has 2 aromatic carbocycles. The number of halogens is 1. The number of nitrogens with zero attached hydrogens (tertiary/aromatic N) is 3. The van der Waals surface area contributed by atoms with Crippen LogP contribution < -0.4 is 4.74 Å². The molecule has 0 unspecified atom stereocenters. The smallest absolute Gasteiger partial charge is 0.254 e. The Morgan fingerprint density at radius 1 is 1.13 bits per heavy atom. The number of amides is 1. The summed E-state index contributed by atoms with van der Waals surface area (Å²) in [5, 5.41) is 3.07. The Kier molecular flexibility index (Phi) is 6.40. The Balaban J connectivity index is 1.37. The summed E-state index contributed by atoms with van der Waals surface area (Å²) in [5.74, 6) is 0.331. The Morgan fingerprint density at radius 2 is 2.00 bits per heavy atom. The van der Waals surface area contributed by atoms with E-state index in [0.717, 1.165) is 48.1 Å².